The molecule has 0 amide bonds. The maximum atomic E-state index is 12.4. The van der Waals surface area contributed by atoms with Gasteiger partial charge in [0, 0.05) is 12.1 Å². The molecule has 0 saturated heterocycles. The largest absolute Gasteiger partial charge is 0.313 e. The lowest BCUT2D eigenvalue weighted by Crippen LogP contribution is -2.21. The molecule has 112 valence electrons. The lowest BCUT2D eigenvalue weighted by atomic mass is 9.81. The second-order valence-electron chi connectivity index (χ2n) is 6.15. The summed E-state index contributed by atoms with van der Waals surface area (Å²) >= 11 is 0. The Morgan fingerprint density at radius 2 is 1.95 bits per heavy atom. The van der Waals surface area contributed by atoms with Crippen LogP contribution in [0.15, 0.2) is 24.3 Å². The van der Waals surface area contributed by atoms with Crippen LogP contribution in [0.1, 0.15) is 56.6 Å². The molecule has 2 atom stereocenters. The van der Waals surface area contributed by atoms with E-state index in [4.69, 9.17) is 0 Å². The van der Waals surface area contributed by atoms with Gasteiger partial charge >= 0.3 is 0 Å². The quantitative estimate of drug-likeness (QED) is 0.729. The summed E-state index contributed by atoms with van der Waals surface area (Å²) in [5.74, 6) is 1.75. The fourth-order valence-corrected chi connectivity index (χ4v) is 3.14. The summed E-state index contributed by atoms with van der Waals surface area (Å²) in [6.07, 6.45) is 4.37. The van der Waals surface area contributed by atoms with Crippen molar-refractivity contribution in [3.05, 3.63) is 35.4 Å². The van der Waals surface area contributed by atoms with Gasteiger partial charge in [-0.2, -0.15) is 0 Å². The molecule has 1 aliphatic rings. The zero-order valence-corrected chi connectivity index (χ0v) is 12.2. The van der Waals surface area contributed by atoms with E-state index >= 15 is 0 Å². The first kappa shape index (κ1) is 15.4. The fourth-order valence-electron chi connectivity index (χ4n) is 3.14. The van der Waals surface area contributed by atoms with Gasteiger partial charge in [-0.3, -0.25) is 0 Å². The van der Waals surface area contributed by atoms with Crippen LogP contribution in [0.2, 0.25) is 0 Å². The molecule has 0 aromatic heterocycles. The minimum Gasteiger partial charge on any atom is -0.313 e. The molecule has 0 radical (unpaired) electrons. The average Bonchev–Trinajstić information content (AvgIpc) is 2.44. The predicted molar refractivity (Wildman–Crippen MR) is 78.8 cm³/mol. The van der Waals surface area contributed by atoms with Crippen LogP contribution in [0.3, 0.4) is 0 Å². The molecule has 20 heavy (non-hydrogen) atoms. The molecule has 2 unspecified atom stereocenters. The number of benzene rings is 1. The Bertz CT molecular complexity index is 388. The number of nitrogens with one attached hydrogen (secondary N) is 1. The van der Waals surface area contributed by atoms with Gasteiger partial charge in [0.05, 0.1) is 0 Å². The van der Waals surface area contributed by atoms with Gasteiger partial charge in [0.25, 0.3) is 6.43 Å². The summed E-state index contributed by atoms with van der Waals surface area (Å²) < 4.78 is 24.9. The fraction of sp³-hybridized carbons (Fsp3) is 0.647. The zero-order valence-electron chi connectivity index (χ0n) is 12.2. The molecule has 0 bridgehead atoms. The highest BCUT2D eigenvalue weighted by Crippen LogP contribution is 2.30. The standard InChI is InChI=1S/C17H25F2N/c1-13-3-2-4-14(11-13)9-10-20-12-15-5-7-16(8-6-15)17(18)19/h5-8,13-14,17,20H,2-4,9-12H2,1H3. The molecular formula is C17H25F2N. The van der Waals surface area contributed by atoms with Crippen molar-refractivity contribution in [3.8, 4) is 0 Å². The molecule has 0 spiro atoms. The van der Waals surface area contributed by atoms with Gasteiger partial charge in [0.1, 0.15) is 0 Å². The van der Waals surface area contributed by atoms with Crippen LogP contribution in [0.5, 0.6) is 0 Å². The zero-order chi connectivity index (χ0) is 14.4. The monoisotopic (exact) mass is 281 g/mol. The maximum Gasteiger partial charge on any atom is 0.263 e. The number of halogens is 2. The third-order valence-electron chi connectivity index (χ3n) is 4.34. The van der Waals surface area contributed by atoms with E-state index in [0.29, 0.717) is 0 Å². The summed E-state index contributed by atoms with van der Waals surface area (Å²) in [5, 5.41) is 3.43. The molecule has 0 aliphatic heterocycles. The van der Waals surface area contributed by atoms with Crippen LogP contribution in [0, 0.1) is 11.8 Å². The van der Waals surface area contributed by atoms with Crippen molar-refractivity contribution in [1.29, 1.82) is 0 Å². The van der Waals surface area contributed by atoms with Crippen molar-refractivity contribution in [1.82, 2.24) is 5.32 Å². The highest BCUT2D eigenvalue weighted by atomic mass is 19.3. The number of hydrogen-bond donors (Lipinski definition) is 1. The van der Waals surface area contributed by atoms with Gasteiger partial charge in [-0.05, 0) is 36.8 Å². The number of alkyl halides is 2. The SMILES string of the molecule is CC1CCCC(CCNCc2ccc(C(F)F)cc2)C1. The molecule has 1 aromatic carbocycles. The highest BCUT2D eigenvalue weighted by Gasteiger charge is 2.18. The highest BCUT2D eigenvalue weighted by molar-refractivity contribution is 5.23. The van der Waals surface area contributed by atoms with E-state index in [0.717, 1.165) is 30.5 Å². The van der Waals surface area contributed by atoms with E-state index < -0.39 is 6.43 Å². The van der Waals surface area contributed by atoms with E-state index in [2.05, 4.69) is 12.2 Å². The number of rotatable bonds is 6. The lowest BCUT2D eigenvalue weighted by Gasteiger charge is -2.26. The summed E-state index contributed by atoms with van der Waals surface area (Å²) in [7, 11) is 0. The Balaban J connectivity index is 1.65. The van der Waals surface area contributed by atoms with Crippen molar-refractivity contribution in [2.75, 3.05) is 6.54 Å². The van der Waals surface area contributed by atoms with Gasteiger partial charge < -0.3 is 5.32 Å². The first-order valence-electron chi connectivity index (χ1n) is 7.73. The molecule has 1 N–H and O–H groups in total. The Morgan fingerprint density at radius 3 is 2.60 bits per heavy atom. The molecule has 0 heterocycles. The van der Waals surface area contributed by atoms with Gasteiger partial charge in [-0.1, -0.05) is 50.5 Å². The van der Waals surface area contributed by atoms with Gasteiger partial charge in [0.15, 0.2) is 0 Å². The van der Waals surface area contributed by atoms with Crippen LogP contribution in [0.4, 0.5) is 8.78 Å². The minimum atomic E-state index is -2.37. The Hall–Kier alpha value is -0.960. The van der Waals surface area contributed by atoms with Crippen LogP contribution >= 0.6 is 0 Å². The lowest BCUT2D eigenvalue weighted by molar-refractivity contribution is 0.151. The smallest absolute Gasteiger partial charge is 0.263 e. The van der Waals surface area contributed by atoms with Crippen LogP contribution in [0.25, 0.3) is 0 Å². The predicted octanol–water partition coefficient (Wildman–Crippen LogP) is 4.93. The summed E-state index contributed by atoms with van der Waals surface area (Å²) in [6, 6.07) is 6.61. The normalized spacial score (nSPS) is 23.2. The van der Waals surface area contributed by atoms with Gasteiger partial charge in [0.2, 0.25) is 0 Å². The van der Waals surface area contributed by atoms with E-state index in [9.17, 15) is 8.78 Å². The van der Waals surface area contributed by atoms with Crippen molar-refractivity contribution in [2.45, 2.75) is 52.0 Å². The molecule has 2 rings (SSSR count). The topological polar surface area (TPSA) is 12.0 Å². The van der Waals surface area contributed by atoms with Crippen molar-refractivity contribution < 1.29 is 8.78 Å². The Morgan fingerprint density at radius 1 is 1.20 bits per heavy atom. The van der Waals surface area contributed by atoms with Crippen LogP contribution in [-0.4, -0.2) is 6.54 Å². The summed E-state index contributed by atoms with van der Waals surface area (Å²) in [5.41, 5.74) is 1.18. The van der Waals surface area contributed by atoms with Crippen molar-refractivity contribution >= 4 is 0 Å². The third kappa shape index (κ3) is 4.86. The van der Waals surface area contributed by atoms with Crippen molar-refractivity contribution in [2.24, 2.45) is 11.8 Å². The first-order chi connectivity index (χ1) is 9.65. The van der Waals surface area contributed by atoms with Crippen LogP contribution < -0.4 is 5.32 Å². The van der Waals surface area contributed by atoms with E-state index in [1.165, 1.54) is 44.2 Å². The summed E-state index contributed by atoms with van der Waals surface area (Å²) in [4.78, 5) is 0. The molecule has 1 fully saturated rings. The average molecular weight is 281 g/mol. The molecule has 3 heteroatoms. The molecule has 1 saturated carbocycles. The van der Waals surface area contributed by atoms with E-state index in [1.54, 1.807) is 12.1 Å². The summed E-state index contributed by atoms with van der Waals surface area (Å²) in [6.45, 7) is 4.14. The maximum absolute atomic E-state index is 12.4. The van der Waals surface area contributed by atoms with Crippen molar-refractivity contribution in [3.63, 3.8) is 0 Å². The van der Waals surface area contributed by atoms with Gasteiger partial charge in [-0.25, -0.2) is 8.78 Å². The first-order valence-corrected chi connectivity index (χ1v) is 7.73. The minimum absolute atomic E-state index is 0.102. The molecule has 1 nitrogen and oxygen atoms in total. The molecular weight excluding hydrogens is 256 g/mol. The Labute approximate surface area is 120 Å². The third-order valence-corrected chi connectivity index (χ3v) is 4.34. The second kappa shape index (κ2) is 7.72. The second-order valence-corrected chi connectivity index (χ2v) is 6.15. The van der Waals surface area contributed by atoms with Gasteiger partial charge in [-0.15, -0.1) is 0 Å². The van der Waals surface area contributed by atoms with E-state index in [1.807, 2.05) is 0 Å². The van der Waals surface area contributed by atoms with Crippen LogP contribution in [-0.2, 0) is 6.54 Å². The Kier molecular flexibility index (Phi) is 5.96. The molecule has 1 aromatic rings. The van der Waals surface area contributed by atoms with E-state index in [-0.39, 0.29) is 5.56 Å². The molecule has 1 aliphatic carbocycles. The number of hydrogen-bond acceptors (Lipinski definition) is 1.